The van der Waals surface area contributed by atoms with E-state index in [9.17, 15) is 9.67 Å². The molecule has 0 radical (unpaired) electrons. The van der Waals surface area contributed by atoms with Crippen LogP contribution in [-0.2, 0) is 11.6 Å². The molecule has 1 aromatic heterocycles. The minimum Gasteiger partial charge on any atom is -0.380 e. The first-order valence-corrected chi connectivity index (χ1v) is 9.24. The molecule has 1 atom stereocenters. The van der Waals surface area contributed by atoms with Crippen molar-refractivity contribution in [2.45, 2.75) is 5.85 Å². The van der Waals surface area contributed by atoms with E-state index in [0.29, 0.717) is 16.2 Å². The lowest BCUT2D eigenvalue weighted by atomic mass is 10.3. The molecule has 0 fully saturated rings. The van der Waals surface area contributed by atoms with Gasteiger partial charge in [-0.2, -0.15) is 0 Å². The summed E-state index contributed by atoms with van der Waals surface area (Å²) in [5.74, 6) is -1.08. The second-order valence-corrected chi connectivity index (χ2v) is 8.34. The van der Waals surface area contributed by atoms with E-state index in [1.165, 1.54) is 0 Å². The van der Waals surface area contributed by atoms with Crippen LogP contribution in [0.2, 0.25) is 0 Å². The Morgan fingerprint density at radius 1 is 0.870 bits per heavy atom. The zero-order chi connectivity index (χ0) is 16.3. The minimum absolute atomic E-state index is 0.644. The predicted molar refractivity (Wildman–Crippen MR) is 92.3 cm³/mol. The Balaban J connectivity index is 2.19. The van der Waals surface area contributed by atoms with E-state index in [1.54, 1.807) is 0 Å². The van der Waals surface area contributed by atoms with Crippen LogP contribution < -0.4 is 15.2 Å². The number of hydrogen-bond acceptors (Lipinski definition) is 2. The quantitative estimate of drug-likeness (QED) is 0.592. The van der Waals surface area contributed by atoms with Gasteiger partial charge in [0.15, 0.2) is 19.5 Å². The Labute approximate surface area is 136 Å². The molecule has 23 heavy (non-hydrogen) atoms. The summed E-state index contributed by atoms with van der Waals surface area (Å²) in [7, 11) is -1.33. The normalized spacial score (nSPS) is 12.8. The number of nitrogens with zero attached hydrogens (tertiary/aromatic N) is 1. The summed E-state index contributed by atoms with van der Waals surface area (Å²) in [5.41, 5.74) is 0.644. The largest absolute Gasteiger partial charge is 0.380 e. The van der Waals surface area contributed by atoms with Crippen molar-refractivity contribution in [1.29, 1.82) is 0 Å². The van der Waals surface area contributed by atoms with Gasteiger partial charge in [0, 0.05) is 16.7 Å². The van der Waals surface area contributed by atoms with Gasteiger partial charge in [0.2, 0.25) is 0 Å². The van der Waals surface area contributed by atoms with Gasteiger partial charge in [0.05, 0.1) is 5.56 Å². The fraction of sp³-hybridized carbons (Fsp3) is 0.105. The molecule has 0 unspecified atom stereocenters. The van der Waals surface area contributed by atoms with Crippen LogP contribution in [0.25, 0.3) is 0 Å². The summed E-state index contributed by atoms with van der Waals surface area (Å²) in [6.45, 7) is 0. The lowest BCUT2D eigenvalue weighted by molar-refractivity contribution is -0.672. The van der Waals surface area contributed by atoms with Crippen molar-refractivity contribution in [3.05, 3.63) is 90.8 Å². The Hall–Kier alpha value is -2.22. The third kappa shape index (κ3) is 2.98. The number of aromatic nitrogens is 1. The van der Waals surface area contributed by atoms with Crippen LogP contribution in [0.15, 0.2) is 85.2 Å². The van der Waals surface area contributed by atoms with Crippen LogP contribution in [-0.4, -0.2) is 5.11 Å². The highest BCUT2D eigenvalue weighted by molar-refractivity contribution is 7.78. The van der Waals surface area contributed by atoms with Crippen molar-refractivity contribution in [1.82, 2.24) is 0 Å². The van der Waals surface area contributed by atoms with Crippen molar-refractivity contribution >= 4 is 17.8 Å². The average molecular weight is 324 g/mol. The maximum absolute atomic E-state index is 14.0. The first-order valence-electron chi connectivity index (χ1n) is 7.46. The van der Waals surface area contributed by atoms with E-state index in [1.807, 2.05) is 96.8 Å². The standard InChI is InChI=1S/C19H19NO2P/c1-20-14-8-9-16(15-20)19(21)23(22,17-10-4-2-5-11-17)18-12-6-3-7-13-18/h2-15,19,21H,1H3/q+1/t19-/m1/s1. The SMILES string of the molecule is C[n+]1cccc([C@H](O)P(=O)(c2ccccc2)c2ccccc2)c1. The summed E-state index contributed by atoms with van der Waals surface area (Å²) < 4.78 is 15.8. The Bertz CT molecular complexity index is 791. The smallest absolute Gasteiger partial charge is 0.174 e. The zero-order valence-electron chi connectivity index (χ0n) is 12.9. The molecule has 116 valence electrons. The number of aliphatic hydroxyl groups is 1. The molecule has 0 spiro atoms. The Morgan fingerprint density at radius 2 is 1.39 bits per heavy atom. The molecule has 0 aliphatic rings. The highest BCUT2D eigenvalue weighted by Crippen LogP contribution is 2.55. The van der Waals surface area contributed by atoms with Gasteiger partial charge in [-0.05, 0) is 6.07 Å². The molecule has 1 N–H and O–H groups in total. The van der Waals surface area contributed by atoms with E-state index < -0.39 is 13.0 Å². The van der Waals surface area contributed by atoms with E-state index in [-0.39, 0.29) is 0 Å². The van der Waals surface area contributed by atoms with Gasteiger partial charge in [-0.1, -0.05) is 60.7 Å². The van der Waals surface area contributed by atoms with Crippen LogP contribution in [0.5, 0.6) is 0 Å². The van der Waals surface area contributed by atoms with E-state index in [2.05, 4.69) is 0 Å². The molecular formula is C19H19NO2P+. The number of rotatable bonds is 4. The molecule has 4 heteroatoms. The summed E-state index contributed by atoms with van der Waals surface area (Å²) in [5, 5.41) is 12.3. The molecule has 2 aromatic carbocycles. The lowest BCUT2D eigenvalue weighted by Crippen LogP contribution is -2.29. The molecule has 0 saturated heterocycles. The van der Waals surface area contributed by atoms with Crippen molar-refractivity contribution in [2.24, 2.45) is 7.05 Å². The lowest BCUT2D eigenvalue weighted by Gasteiger charge is -2.24. The van der Waals surface area contributed by atoms with Crippen LogP contribution in [0.3, 0.4) is 0 Å². The first kappa shape index (κ1) is 15.7. The second kappa shape index (κ2) is 6.49. The predicted octanol–water partition coefficient (Wildman–Crippen LogP) is 2.52. The number of pyridine rings is 1. The minimum atomic E-state index is -3.21. The number of aryl methyl sites for hydroxylation is 1. The third-order valence-electron chi connectivity index (χ3n) is 3.88. The molecule has 0 aliphatic carbocycles. The zero-order valence-corrected chi connectivity index (χ0v) is 13.8. The fourth-order valence-electron chi connectivity index (χ4n) is 2.70. The molecule has 3 aromatic rings. The van der Waals surface area contributed by atoms with E-state index in [4.69, 9.17) is 0 Å². The second-order valence-electron chi connectivity index (χ2n) is 5.51. The maximum Gasteiger partial charge on any atom is 0.174 e. The molecule has 0 amide bonds. The average Bonchev–Trinajstić information content (AvgIpc) is 2.62. The monoisotopic (exact) mass is 324 g/mol. The first-order chi connectivity index (χ1) is 11.1. The third-order valence-corrected chi connectivity index (χ3v) is 7.00. The Kier molecular flexibility index (Phi) is 4.42. The summed E-state index contributed by atoms with van der Waals surface area (Å²) in [6.07, 6.45) is 3.69. The van der Waals surface area contributed by atoms with Crippen molar-refractivity contribution in [3.63, 3.8) is 0 Å². The van der Waals surface area contributed by atoms with Crippen LogP contribution >= 0.6 is 7.14 Å². The van der Waals surface area contributed by atoms with Gasteiger partial charge < -0.3 is 9.67 Å². The van der Waals surface area contributed by atoms with Crippen molar-refractivity contribution in [2.75, 3.05) is 0 Å². The van der Waals surface area contributed by atoms with Gasteiger partial charge in [0.25, 0.3) is 0 Å². The van der Waals surface area contributed by atoms with Crippen molar-refractivity contribution < 1.29 is 14.2 Å². The van der Waals surface area contributed by atoms with Gasteiger partial charge in [-0.3, -0.25) is 0 Å². The topological polar surface area (TPSA) is 41.2 Å². The van der Waals surface area contributed by atoms with Gasteiger partial charge in [-0.15, -0.1) is 0 Å². The van der Waals surface area contributed by atoms with E-state index in [0.717, 1.165) is 0 Å². The van der Waals surface area contributed by atoms with E-state index >= 15 is 0 Å². The fourth-order valence-corrected chi connectivity index (χ4v) is 5.37. The molecular weight excluding hydrogens is 305 g/mol. The molecule has 1 heterocycles. The maximum atomic E-state index is 14.0. The van der Waals surface area contributed by atoms with Gasteiger partial charge in [-0.25, -0.2) is 4.57 Å². The number of benzene rings is 2. The molecule has 3 nitrogen and oxygen atoms in total. The van der Waals surface area contributed by atoms with Gasteiger partial charge in [0.1, 0.15) is 12.9 Å². The number of hydrogen-bond donors (Lipinski definition) is 1. The van der Waals surface area contributed by atoms with Crippen LogP contribution in [0.1, 0.15) is 11.4 Å². The van der Waals surface area contributed by atoms with Crippen LogP contribution in [0, 0.1) is 0 Å². The molecule has 0 saturated carbocycles. The summed E-state index contributed by atoms with van der Waals surface area (Å²) in [6, 6.07) is 22.1. The molecule has 3 rings (SSSR count). The summed E-state index contributed by atoms with van der Waals surface area (Å²) in [4.78, 5) is 0. The summed E-state index contributed by atoms with van der Waals surface area (Å²) >= 11 is 0. The van der Waals surface area contributed by atoms with Gasteiger partial charge >= 0.3 is 0 Å². The number of aliphatic hydroxyl groups excluding tert-OH is 1. The highest BCUT2D eigenvalue weighted by Gasteiger charge is 2.37. The van der Waals surface area contributed by atoms with Crippen molar-refractivity contribution in [3.8, 4) is 0 Å². The molecule has 0 bridgehead atoms. The molecule has 0 aliphatic heterocycles. The Morgan fingerprint density at radius 3 is 1.87 bits per heavy atom. The van der Waals surface area contributed by atoms with Crippen LogP contribution in [0.4, 0.5) is 0 Å². The highest BCUT2D eigenvalue weighted by atomic mass is 31.2.